The minimum atomic E-state index is -4.48. The van der Waals surface area contributed by atoms with Gasteiger partial charge < -0.3 is 9.47 Å². The van der Waals surface area contributed by atoms with Crippen molar-refractivity contribution in [2.75, 3.05) is 0 Å². The van der Waals surface area contributed by atoms with Crippen molar-refractivity contribution in [3.8, 4) is 0 Å². The Labute approximate surface area is 66.4 Å². The lowest BCUT2D eigenvalue weighted by Crippen LogP contribution is -2.35. The number of hydrogen-bond donors (Lipinski definition) is 0. The molecule has 70 valence electrons. The molecule has 0 aliphatic carbocycles. The summed E-state index contributed by atoms with van der Waals surface area (Å²) in [5.74, 6) is 0. The van der Waals surface area contributed by atoms with Crippen molar-refractivity contribution in [2.24, 2.45) is 0 Å². The second kappa shape index (κ2) is 3.02. The van der Waals surface area contributed by atoms with Gasteiger partial charge in [0, 0.05) is 0 Å². The fourth-order valence-corrected chi connectivity index (χ4v) is 0.978. The lowest BCUT2D eigenvalue weighted by molar-refractivity contribution is -0.215. The van der Waals surface area contributed by atoms with Gasteiger partial charge in [0.15, 0.2) is 12.4 Å². The van der Waals surface area contributed by atoms with Crippen molar-refractivity contribution in [3.63, 3.8) is 0 Å². The van der Waals surface area contributed by atoms with Crippen molar-refractivity contribution in [1.82, 2.24) is 0 Å². The summed E-state index contributed by atoms with van der Waals surface area (Å²) in [6.45, 7) is 1.21. The summed E-state index contributed by atoms with van der Waals surface area (Å²) in [4.78, 5) is 10.0. The Balaban J connectivity index is 2.63. The molecule has 0 bridgehead atoms. The predicted molar refractivity (Wildman–Crippen MR) is 31.3 cm³/mol. The number of alkyl halides is 3. The van der Waals surface area contributed by atoms with E-state index in [9.17, 15) is 18.0 Å². The van der Waals surface area contributed by atoms with Gasteiger partial charge in [0.25, 0.3) is 0 Å². The average Bonchev–Trinajstić information content (AvgIpc) is 2.29. The monoisotopic (exact) mass is 184 g/mol. The Hall–Kier alpha value is -0.620. The zero-order valence-electron chi connectivity index (χ0n) is 6.17. The normalized spacial score (nSPS) is 36.8. The molecule has 0 aromatic heterocycles. The van der Waals surface area contributed by atoms with Crippen LogP contribution in [0.2, 0.25) is 0 Å². The molecular weight excluding hydrogens is 177 g/mol. The second-order valence-corrected chi connectivity index (χ2v) is 2.44. The molecule has 6 heteroatoms. The molecule has 3 atom stereocenters. The van der Waals surface area contributed by atoms with Crippen LogP contribution < -0.4 is 0 Å². The van der Waals surface area contributed by atoms with Crippen LogP contribution in [-0.4, -0.2) is 31.0 Å². The summed E-state index contributed by atoms with van der Waals surface area (Å²) in [7, 11) is 0. The van der Waals surface area contributed by atoms with E-state index in [1.807, 2.05) is 0 Å². The predicted octanol–water partition coefficient (Wildman–Crippen LogP) is 0.878. The fourth-order valence-electron chi connectivity index (χ4n) is 0.978. The molecule has 0 aromatic rings. The molecule has 1 rings (SSSR count). The van der Waals surface area contributed by atoms with Crippen LogP contribution in [0, 0.1) is 0 Å². The standard InChI is InChI=1S/C6H7F3O3/c1-3-5(6(7,8)9)12-4(2-10)11-3/h2-5H,1H3. The molecule has 0 radical (unpaired) electrons. The van der Waals surface area contributed by atoms with E-state index in [1.165, 1.54) is 6.92 Å². The Morgan fingerprint density at radius 2 is 1.92 bits per heavy atom. The van der Waals surface area contributed by atoms with Gasteiger partial charge in [-0.15, -0.1) is 0 Å². The summed E-state index contributed by atoms with van der Waals surface area (Å²) in [5, 5.41) is 0. The molecule has 1 heterocycles. The summed E-state index contributed by atoms with van der Waals surface area (Å²) >= 11 is 0. The summed E-state index contributed by atoms with van der Waals surface area (Å²) in [6, 6.07) is 0. The van der Waals surface area contributed by atoms with Gasteiger partial charge in [-0.1, -0.05) is 0 Å². The number of hydrogen-bond acceptors (Lipinski definition) is 3. The second-order valence-electron chi connectivity index (χ2n) is 2.44. The van der Waals surface area contributed by atoms with Crippen LogP contribution in [0.25, 0.3) is 0 Å². The molecule has 0 saturated carbocycles. The van der Waals surface area contributed by atoms with Crippen molar-refractivity contribution in [3.05, 3.63) is 0 Å². The van der Waals surface area contributed by atoms with Gasteiger partial charge in [0.1, 0.15) is 0 Å². The zero-order valence-corrected chi connectivity index (χ0v) is 6.17. The largest absolute Gasteiger partial charge is 0.417 e. The zero-order chi connectivity index (χ0) is 9.35. The fraction of sp³-hybridized carbons (Fsp3) is 0.833. The molecule has 0 spiro atoms. The first-order valence-corrected chi connectivity index (χ1v) is 3.28. The molecule has 3 unspecified atom stereocenters. The van der Waals surface area contributed by atoms with E-state index in [-0.39, 0.29) is 6.29 Å². The molecule has 1 fully saturated rings. The lowest BCUT2D eigenvalue weighted by atomic mass is 10.2. The SMILES string of the molecule is CC1OC(C=O)OC1C(F)(F)F. The summed E-state index contributed by atoms with van der Waals surface area (Å²) in [6.07, 6.45) is -8.78. The highest BCUT2D eigenvalue weighted by Gasteiger charge is 2.50. The first-order valence-electron chi connectivity index (χ1n) is 3.28. The van der Waals surface area contributed by atoms with Crippen molar-refractivity contribution < 1.29 is 27.4 Å². The van der Waals surface area contributed by atoms with E-state index in [0.29, 0.717) is 0 Å². The summed E-state index contributed by atoms with van der Waals surface area (Å²) < 4.78 is 44.8. The Bertz CT molecular complexity index is 179. The average molecular weight is 184 g/mol. The van der Waals surface area contributed by atoms with Crippen LogP contribution in [0.15, 0.2) is 0 Å². The molecule has 12 heavy (non-hydrogen) atoms. The van der Waals surface area contributed by atoms with Crippen LogP contribution in [0.5, 0.6) is 0 Å². The first-order chi connectivity index (χ1) is 5.45. The van der Waals surface area contributed by atoms with Gasteiger partial charge in [-0.2, -0.15) is 13.2 Å². The number of rotatable bonds is 1. The van der Waals surface area contributed by atoms with E-state index < -0.39 is 24.7 Å². The topological polar surface area (TPSA) is 35.5 Å². The highest BCUT2D eigenvalue weighted by Crippen LogP contribution is 2.32. The van der Waals surface area contributed by atoms with Crippen LogP contribution in [0.3, 0.4) is 0 Å². The number of halogens is 3. The first kappa shape index (κ1) is 9.47. The van der Waals surface area contributed by atoms with Crippen molar-refractivity contribution in [2.45, 2.75) is 31.6 Å². The van der Waals surface area contributed by atoms with Gasteiger partial charge in [0.05, 0.1) is 6.10 Å². The van der Waals surface area contributed by atoms with Crippen LogP contribution in [-0.2, 0) is 14.3 Å². The molecule has 1 aliphatic rings. The smallest absolute Gasteiger partial charge is 0.340 e. The summed E-state index contributed by atoms with van der Waals surface area (Å²) in [5.41, 5.74) is 0. The Morgan fingerprint density at radius 1 is 1.33 bits per heavy atom. The molecule has 1 saturated heterocycles. The maximum Gasteiger partial charge on any atom is 0.417 e. The lowest BCUT2D eigenvalue weighted by Gasteiger charge is -2.15. The van der Waals surface area contributed by atoms with E-state index in [4.69, 9.17) is 0 Å². The Kier molecular flexibility index (Phi) is 2.39. The highest BCUT2D eigenvalue weighted by molar-refractivity contribution is 5.54. The molecule has 3 nitrogen and oxygen atoms in total. The third kappa shape index (κ3) is 1.75. The van der Waals surface area contributed by atoms with Gasteiger partial charge in [0.2, 0.25) is 6.29 Å². The molecule has 0 aromatic carbocycles. The molecular formula is C6H7F3O3. The van der Waals surface area contributed by atoms with Gasteiger partial charge >= 0.3 is 6.18 Å². The van der Waals surface area contributed by atoms with Gasteiger partial charge in [-0.25, -0.2) is 0 Å². The third-order valence-electron chi connectivity index (χ3n) is 1.49. The van der Waals surface area contributed by atoms with Gasteiger partial charge in [-0.3, -0.25) is 4.79 Å². The maximum absolute atomic E-state index is 12.0. The third-order valence-corrected chi connectivity index (χ3v) is 1.49. The minimum absolute atomic E-state index is 0.197. The molecule has 1 aliphatic heterocycles. The van der Waals surface area contributed by atoms with Crippen LogP contribution >= 0.6 is 0 Å². The van der Waals surface area contributed by atoms with E-state index >= 15 is 0 Å². The van der Waals surface area contributed by atoms with E-state index in [2.05, 4.69) is 9.47 Å². The number of carbonyl (C=O) groups excluding carboxylic acids is 1. The van der Waals surface area contributed by atoms with Crippen molar-refractivity contribution >= 4 is 6.29 Å². The number of carbonyl (C=O) groups is 1. The van der Waals surface area contributed by atoms with Crippen LogP contribution in [0.1, 0.15) is 6.92 Å². The minimum Gasteiger partial charge on any atom is -0.340 e. The quantitative estimate of drug-likeness (QED) is 0.567. The van der Waals surface area contributed by atoms with E-state index in [1.54, 1.807) is 0 Å². The van der Waals surface area contributed by atoms with Gasteiger partial charge in [-0.05, 0) is 6.92 Å². The molecule has 0 N–H and O–H groups in total. The molecule has 0 amide bonds. The number of aldehydes is 1. The Morgan fingerprint density at radius 3 is 2.17 bits per heavy atom. The van der Waals surface area contributed by atoms with Crippen LogP contribution in [0.4, 0.5) is 13.2 Å². The highest BCUT2D eigenvalue weighted by atomic mass is 19.4. The number of ether oxygens (including phenoxy) is 2. The van der Waals surface area contributed by atoms with Crippen molar-refractivity contribution in [1.29, 1.82) is 0 Å². The maximum atomic E-state index is 12.0. The van der Waals surface area contributed by atoms with E-state index in [0.717, 1.165) is 0 Å².